The van der Waals surface area contributed by atoms with Crippen molar-refractivity contribution in [3.05, 3.63) is 239 Å². The lowest BCUT2D eigenvalue weighted by Gasteiger charge is -2.32. The molecule has 3 aliphatic heterocycles. The van der Waals surface area contributed by atoms with E-state index in [0.29, 0.717) is 15.6 Å². The largest absolute Gasteiger partial charge is 0.494 e. The summed E-state index contributed by atoms with van der Waals surface area (Å²) in [5, 5.41) is 41.6. The molecule has 0 spiro atoms. The molecule has 0 radical (unpaired) electrons. The Morgan fingerprint density at radius 2 is 0.866 bits per heavy atom. The minimum absolute atomic E-state index is 0.00514. The van der Waals surface area contributed by atoms with Gasteiger partial charge in [0.05, 0.1) is 26.1 Å². The van der Waals surface area contributed by atoms with Crippen LogP contribution in [0.1, 0.15) is 218 Å². The van der Waals surface area contributed by atoms with Crippen LogP contribution in [0, 0.1) is 20.8 Å². The van der Waals surface area contributed by atoms with Gasteiger partial charge in [-0.25, -0.2) is 9.59 Å². The molecule has 1 amide bonds. The average molecular weight is 1940 g/mol. The molecule has 0 saturated carbocycles. The van der Waals surface area contributed by atoms with E-state index in [1.54, 1.807) is 46.1 Å². The summed E-state index contributed by atoms with van der Waals surface area (Å²) in [4.78, 5) is 61.6. The van der Waals surface area contributed by atoms with Crippen LogP contribution in [0.5, 0.6) is 0 Å². The Labute approximate surface area is 760 Å². The molecule has 5 N–H and O–H groups in total. The second-order valence-electron chi connectivity index (χ2n) is 34.4. The van der Waals surface area contributed by atoms with Crippen LogP contribution in [-0.4, -0.2) is 115 Å². The van der Waals surface area contributed by atoms with E-state index in [-0.39, 0.29) is 67.5 Å². The molecule has 3 aliphatic rings. The Morgan fingerprint density at radius 1 is 0.479 bits per heavy atom. The lowest BCUT2D eigenvalue weighted by molar-refractivity contribution is 0.00578. The van der Waals surface area contributed by atoms with Gasteiger partial charge in [0.2, 0.25) is 0 Å². The highest BCUT2D eigenvalue weighted by Crippen LogP contribution is 2.44. The molecule has 8 aromatic heterocycles. The van der Waals surface area contributed by atoms with Crippen LogP contribution < -0.4 is 16.2 Å². The van der Waals surface area contributed by atoms with Crippen LogP contribution in [0.2, 0.25) is 15.1 Å². The Balaban J connectivity index is 0.000000182. The average Bonchev–Trinajstić information content (AvgIpc) is 1.62. The van der Waals surface area contributed by atoms with Gasteiger partial charge < -0.3 is 39.8 Å². The number of hydrogen-bond donors (Lipinski definition) is 5. The molecule has 0 unspecified atom stereocenters. The van der Waals surface area contributed by atoms with Crippen molar-refractivity contribution < 1.29 is 44.0 Å². The van der Waals surface area contributed by atoms with E-state index in [2.05, 4.69) is 259 Å². The Hall–Kier alpha value is -6.29. The standard InChI is InChI=1S/C26H29ClN2OS.C21H20ClNO2S.C15H24BNO2.C14H16BrNS.C7H6BClO4.C5H11N.C4H2Br2S/c1-17-21(16-23(31-17)18-10-11-28-24(15-18)26(2,3)4)20-9-8-19(14-22(20)27)25(30)29-12-6-5-7-13-29;1-12-16(15-6-5-14(20(24)25)9-17(15)22)11-18(26-12)13-7-8-23-19(10-13)21(2,3)4;1-13(2,3)12-10-11(8-9-17-12)16-18-14(4,5)15(6,7)19-16;1-9-11(15)8-12(17-9)10-5-6-16-13(7-10)14(2,3)4;9-6-3-4(7(10)11)1-2-5(6)8(12)13;1-2-4-6-5-3-1;5-3-1-4(6)7-2-3/h8-11,14-16H,5-7,12-13H2,1-4H3;5-11H,1-4H3,(H,24,25);8-10H,1-7H3;5-8H,1-4H3;1-3,12-13H,(H,10,11);6H,1-5H2;1-2H. The van der Waals surface area contributed by atoms with Gasteiger partial charge in [-0.1, -0.05) is 143 Å². The van der Waals surface area contributed by atoms with Gasteiger partial charge in [0.15, 0.2) is 0 Å². The fraction of sp³-hybridized carbons (Fsp3) is 0.380. The van der Waals surface area contributed by atoms with E-state index in [0.717, 1.165) is 96.2 Å². The van der Waals surface area contributed by atoms with E-state index in [4.69, 9.17) is 64.4 Å². The van der Waals surface area contributed by atoms with E-state index < -0.39 is 19.1 Å². The van der Waals surface area contributed by atoms with Crippen LogP contribution in [0.25, 0.3) is 53.6 Å². The molecule has 632 valence electrons. The first-order valence-corrected chi connectivity index (χ1v) is 46.3. The molecule has 0 atom stereocenters. The van der Waals surface area contributed by atoms with E-state index in [1.807, 2.05) is 82.8 Å². The lowest BCUT2D eigenvalue weighted by atomic mass is 9.77. The Morgan fingerprint density at radius 3 is 1.21 bits per heavy atom. The summed E-state index contributed by atoms with van der Waals surface area (Å²) in [6, 6.07) is 39.5. The molecule has 27 heteroatoms. The topological polar surface area (TPSA) is 217 Å². The predicted molar refractivity (Wildman–Crippen MR) is 512 cm³/mol. The molecule has 119 heavy (non-hydrogen) atoms. The summed E-state index contributed by atoms with van der Waals surface area (Å²) in [7, 11) is -2.00. The number of piperidine rings is 2. The number of hydrogen-bond acceptors (Lipinski definition) is 16. The molecule has 0 aliphatic carbocycles. The highest BCUT2D eigenvalue weighted by atomic mass is 79.9. The van der Waals surface area contributed by atoms with Crippen molar-refractivity contribution in [3.8, 4) is 53.6 Å². The predicted octanol–water partition coefficient (Wildman–Crippen LogP) is 25.4. The van der Waals surface area contributed by atoms with Crippen LogP contribution in [-0.2, 0) is 31.0 Å². The lowest BCUT2D eigenvalue weighted by Crippen LogP contribution is -2.41. The third-order valence-electron chi connectivity index (χ3n) is 20.1. The first-order valence-electron chi connectivity index (χ1n) is 39.4. The maximum Gasteiger partial charge on any atom is 0.494 e. The van der Waals surface area contributed by atoms with Crippen molar-refractivity contribution in [1.29, 1.82) is 0 Å². The second kappa shape index (κ2) is 42.9. The zero-order valence-corrected chi connectivity index (χ0v) is 81.5. The van der Waals surface area contributed by atoms with Crippen molar-refractivity contribution in [2.45, 2.75) is 203 Å². The maximum atomic E-state index is 12.8. The number of carbonyl (C=O) groups excluding carboxylic acids is 1. The zero-order valence-electron chi connectivity index (χ0n) is 71.2. The van der Waals surface area contributed by atoms with Gasteiger partial charge >= 0.3 is 26.2 Å². The number of carboxylic acid groups (broad SMARTS) is 2. The van der Waals surface area contributed by atoms with E-state index >= 15 is 0 Å². The molecule has 3 fully saturated rings. The van der Waals surface area contributed by atoms with E-state index in [1.165, 1.54) is 102 Å². The van der Waals surface area contributed by atoms with Crippen LogP contribution in [0.15, 0.2) is 170 Å². The zero-order chi connectivity index (χ0) is 87.9. The third-order valence-corrected chi connectivity index (χ3v) is 27.7. The van der Waals surface area contributed by atoms with Crippen molar-refractivity contribution in [3.63, 3.8) is 0 Å². The molecule has 15 nitrogen and oxygen atoms in total. The quantitative estimate of drug-likeness (QED) is 0.0805. The van der Waals surface area contributed by atoms with Gasteiger partial charge in [0.25, 0.3) is 5.91 Å². The third kappa shape index (κ3) is 28.1. The number of carboxylic acids is 2. The number of nitrogens with one attached hydrogen (secondary N) is 1. The van der Waals surface area contributed by atoms with Gasteiger partial charge in [-0.15, -0.1) is 45.3 Å². The SMILES string of the molecule is Brc1csc(Br)c1.C1CCNCC1.CC(C)(C)c1cc(B2OC(C)(C)C(C)(C)O2)ccn1.Cc1sc(-c2ccnc(C(C)(C)C)c2)cc1-c1ccc(C(=O)N2CCCCC2)cc1Cl.Cc1sc(-c2ccnc(C(C)(C)C)c2)cc1-c1ccc(C(=O)O)cc1Cl.Cc1sc(-c2ccnc(C(C)(C)C)c2)cc1Br.O=C(O)c1ccc(B(O)O)c(Cl)c1. The van der Waals surface area contributed by atoms with E-state index in [9.17, 15) is 14.4 Å². The molecule has 11 heterocycles. The molecule has 11 aromatic rings. The number of aryl methyl sites for hydroxylation is 3. The number of likely N-dealkylation sites (tertiary alicyclic amines) is 1. The summed E-state index contributed by atoms with van der Waals surface area (Å²) < 4.78 is 15.6. The van der Waals surface area contributed by atoms with Crippen molar-refractivity contribution in [2.24, 2.45) is 0 Å². The molecule has 14 rings (SSSR count). The van der Waals surface area contributed by atoms with Crippen molar-refractivity contribution in [1.82, 2.24) is 30.2 Å². The second-order valence-corrected chi connectivity index (χ2v) is 43.4. The van der Waals surface area contributed by atoms with Gasteiger partial charge in [0, 0.05) is 163 Å². The maximum absolute atomic E-state index is 12.8. The summed E-state index contributed by atoms with van der Waals surface area (Å²) in [5.41, 5.74) is 13.4. The molecule has 3 aromatic carbocycles. The minimum Gasteiger partial charge on any atom is -0.478 e. The number of thiophene rings is 4. The fourth-order valence-electron chi connectivity index (χ4n) is 12.3. The number of amides is 1. The van der Waals surface area contributed by atoms with Gasteiger partial charge in [-0.2, -0.15) is 0 Å². The van der Waals surface area contributed by atoms with Gasteiger partial charge in [-0.05, 0) is 284 Å². The number of halogens is 6. The number of benzene rings is 3. The number of carbonyl (C=O) groups is 3. The van der Waals surface area contributed by atoms with Gasteiger partial charge in [-0.3, -0.25) is 24.7 Å². The summed E-state index contributed by atoms with van der Waals surface area (Å²) in [6.07, 6.45) is 15.1. The normalized spacial score (nSPS) is 14.3. The highest BCUT2D eigenvalue weighted by Gasteiger charge is 2.52. The Bertz CT molecular complexity index is 5220. The van der Waals surface area contributed by atoms with Crippen molar-refractivity contribution in [2.75, 3.05) is 26.2 Å². The number of aromatic nitrogens is 4. The minimum atomic E-state index is -1.68. The molecule has 3 saturated heterocycles. The first-order chi connectivity index (χ1) is 55.6. The van der Waals surface area contributed by atoms with Gasteiger partial charge in [0.1, 0.15) is 0 Å². The highest BCUT2D eigenvalue weighted by molar-refractivity contribution is 9.11. The number of aromatic carboxylic acids is 2. The summed E-state index contributed by atoms with van der Waals surface area (Å²) >= 11 is 35.8. The fourth-order valence-corrected chi connectivity index (χ4v) is 18.7. The molecular weight excluding hydrogens is 1830 g/mol. The number of rotatable bonds is 10. The van der Waals surface area contributed by atoms with Crippen LogP contribution in [0.4, 0.5) is 0 Å². The van der Waals surface area contributed by atoms with Crippen LogP contribution >= 0.6 is 128 Å². The Kier molecular flexibility index (Phi) is 35.4. The van der Waals surface area contributed by atoms with Crippen LogP contribution in [0.3, 0.4) is 0 Å². The molecular formula is C92H108B2Br3Cl3N6O9S4. The monoisotopic (exact) mass is 1930 g/mol. The number of nitrogens with zero attached hydrogens (tertiary/aromatic N) is 5. The summed E-state index contributed by atoms with van der Waals surface area (Å²) in [6.45, 7) is 44.8. The molecule has 0 bridgehead atoms. The van der Waals surface area contributed by atoms with Crippen molar-refractivity contribution >= 4 is 171 Å². The number of pyridine rings is 4. The first kappa shape index (κ1) is 98.1. The summed E-state index contributed by atoms with van der Waals surface area (Å²) in [5.74, 6) is -2.00. The smallest absolute Gasteiger partial charge is 0.478 e.